The molecule has 2 atom stereocenters. The van der Waals surface area contributed by atoms with Crippen molar-refractivity contribution in [2.75, 3.05) is 36.4 Å². The van der Waals surface area contributed by atoms with Gasteiger partial charge in [0.1, 0.15) is 5.52 Å². The van der Waals surface area contributed by atoms with Gasteiger partial charge in [0.15, 0.2) is 11.6 Å². The Bertz CT molecular complexity index is 1970. The number of carbonyl (C=O) groups is 2. The molecule has 11 heteroatoms. The highest BCUT2D eigenvalue weighted by Crippen LogP contribution is 2.53. The molecule has 9 rings (SSSR count). The molecule has 6 heterocycles. The summed E-state index contributed by atoms with van der Waals surface area (Å²) < 4.78 is 16.8. The van der Waals surface area contributed by atoms with E-state index in [2.05, 4.69) is 52.1 Å². The maximum Gasteiger partial charge on any atom is 0.238 e. The molecule has 4 aromatic rings. The van der Waals surface area contributed by atoms with Gasteiger partial charge in [-0.05, 0) is 88.0 Å². The Labute approximate surface area is 285 Å². The van der Waals surface area contributed by atoms with Crippen LogP contribution in [0.4, 0.5) is 21.6 Å². The molecular formula is C38H43FN8O2. The highest BCUT2D eigenvalue weighted by molar-refractivity contribution is 6.09. The van der Waals surface area contributed by atoms with Crippen LogP contribution in [-0.4, -0.2) is 79.4 Å². The van der Waals surface area contributed by atoms with Crippen molar-refractivity contribution in [1.29, 1.82) is 0 Å². The first-order chi connectivity index (χ1) is 23.7. The van der Waals surface area contributed by atoms with Crippen LogP contribution in [0.1, 0.15) is 70.9 Å². The second-order valence-corrected chi connectivity index (χ2v) is 15.3. The SMILES string of the molecule is CC(=O)N1CCC2(CC1)C(=O)N([C@H]1C[C@@H](N3C[C@H]4CC[C@H]4C3)C1)c1cc(-c3cc4ncn(C(C)C)c4c(Nc4ccncc4F)n3)ccc12. The van der Waals surface area contributed by atoms with Crippen LogP contribution in [0.3, 0.4) is 0 Å². The number of anilines is 3. The van der Waals surface area contributed by atoms with E-state index in [0.717, 1.165) is 52.5 Å². The van der Waals surface area contributed by atoms with Crippen LogP contribution >= 0.6 is 0 Å². The summed E-state index contributed by atoms with van der Waals surface area (Å²) in [6.45, 7) is 9.35. The Kier molecular flexibility index (Phi) is 7.09. The number of imidazole rings is 1. The molecule has 2 amide bonds. The van der Waals surface area contributed by atoms with Crippen LogP contribution in [-0.2, 0) is 15.0 Å². The summed E-state index contributed by atoms with van der Waals surface area (Å²) in [6, 6.07) is 10.7. The normalized spacial score (nSPS) is 25.9. The van der Waals surface area contributed by atoms with Crippen LogP contribution in [0.25, 0.3) is 22.3 Å². The van der Waals surface area contributed by atoms with Gasteiger partial charge in [0.25, 0.3) is 0 Å². The van der Waals surface area contributed by atoms with Crippen molar-refractivity contribution in [2.45, 2.75) is 82.8 Å². The average Bonchev–Trinajstić information content (AvgIpc) is 3.69. The van der Waals surface area contributed by atoms with Gasteiger partial charge < -0.3 is 19.7 Å². The van der Waals surface area contributed by atoms with Crippen LogP contribution < -0.4 is 10.2 Å². The molecule has 2 saturated heterocycles. The standard InChI is InChI=1S/C38H43FN8O2/c1-22(2)46-21-41-33-17-32(43-36(35(33)46)42-31-8-11-40-18-30(31)39)24-6-7-29-34(14-24)47(37(49)38(29)9-12-44(13-10-38)23(3)48)28-15-27(16-28)45-19-25-4-5-26(25)20-45/h6-8,11,14,17-18,21-22,25-28H,4-5,9-10,12-13,15-16,19-20H2,1-3H3,(H,40,42,43)/t25-,26+,27-,28+. The van der Waals surface area contributed by atoms with E-state index in [1.54, 1.807) is 25.5 Å². The molecule has 4 fully saturated rings. The third-order valence-electron chi connectivity index (χ3n) is 12.4. The molecule has 2 saturated carbocycles. The number of nitrogens with zero attached hydrogens (tertiary/aromatic N) is 7. The summed E-state index contributed by atoms with van der Waals surface area (Å²) in [4.78, 5) is 47.3. The molecule has 2 aliphatic carbocycles. The predicted octanol–water partition coefficient (Wildman–Crippen LogP) is 6.06. The molecule has 3 aromatic heterocycles. The van der Waals surface area contributed by atoms with Gasteiger partial charge in [-0.1, -0.05) is 12.1 Å². The number of piperidine rings is 1. The van der Waals surface area contributed by atoms with Gasteiger partial charge in [0, 0.05) is 68.7 Å². The Morgan fingerprint density at radius 2 is 1.80 bits per heavy atom. The first-order valence-electron chi connectivity index (χ1n) is 17.9. The molecule has 1 N–H and O–H groups in total. The summed E-state index contributed by atoms with van der Waals surface area (Å²) >= 11 is 0. The minimum atomic E-state index is -0.628. The van der Waals surface area contributed by atoms with Gasteiger partial charge in [-0.3, -0.25) is 19.5 Å². The van der Waals surface area contributed by atoms with E-state index in [1.807, 2.05) is 15.5 Å². The van der Waals surface area contributed by atoms with Gasteiger partial charge in [0.2, 0.25) is 11.8 Å². The minimum absolute atomic E-state index is 0.0616. The maximum atomic E-state index is 14.8. The van der Waals surface area contributed by atoms with Crippen molar-refractivity contribution in [3.63, 3.8) is 0 Å². The van der Waals surface area contributed by atoms with Gasteiger partial charge in [0.05, 0.1) is 34.8 Å². The van der Waals surface area contributed by atoms with Crippen LogP contribution in [0, 0.1) is 17.7 Å². The Balaban J connectivity index is 1.10. The molecule has 0 radical (unpaired) electrons. The summed E-state index contributed by atoms with van der Waals surface area (Å²) in [5.41, 5.74) is 4.80. The molecule has 10 nitrogen and oxygen atoms in total. The van der Waals surface area contributed by atoms with E-state index < -0.39 is 11.2 Å². The fourth-order valence-corrected chi connectivity index (χ4v) is 9.25. The zero-order valence-electron chi connectivity index (χ0n) is 28.4. The van der Waals surface area contributed by atoms with E-state index in [-0.39, 0.29) is 29.6 Å². The van der Waals surface area contributed by atoms with E-state index >= 15 is 0 Å². The first kappa shape index (κ1) is 30.7. The van der Waals surface area contributed by atoms with E-state index in [1.165, 1.54) is 32.1 Å². The second kappa shape index (κ2) is 11.3. The lowest BCUT2D eigenvalue weighted by Crippen LogP contribution is -2.57. The van der Waals surface area contributed by atoms with Crippen LogP contribution in [0.2, 0.25) is 0 Å². The number of aromatic nitrogens is 4. The summed E-state index contributed by atoms with van der Waals surface area (Å²) in [7, 11) is 0. The quantitative estimate of drug-likeness (QED) is 0.268. The molecule has 0 bridgehead atoms. The zero-order valence-corrected chi connectivity index (χ0v) is 28.4. The number of likely N-dealkylation sites (tertiary alicyclic amines) is 2. The van der Waals surface area contributed by atoms with Gasteiger partial charge in [-0.15, -0.1) is 0 Å². The largest absolute Gasteiger partial charge is 0.343 e. The van der Waals surface area contributed by atoms with Crippen molar-refractivity contribution >= 4 is 40.0 Å². The number of hydrogen-bond acceptors (Lipinski definition) is 7. The van der Waals surface area contributed by atoms with Crippen LogP contribution in [0.5, 0.6) is 0 Å². The molecule has 5 aliphatic rings. The molecule has 1 spiro atoms. The topological polar surface area (TPSA) is 99.5 Å². The number of pyridine rings is 2. The number of halogens is 1. The van der Waals surface area contributed by atoms with Gasteiger partial charge in [-0.25, -0.2) is 14.4 Å². The highest BCUT2D eigenvalue weighted by Gasteiger charge is 2.56. The summed E-state index contributed by atoms with van der Waals surface area (Å²) in [6.07, 6.45) is 10.5. The number of rotatable bonds is 6. The number of carbonyl (C=O) groups excluding carboxylic acids is 2. The molecular weight excluding hydrogens is 619 g/mol. The summed E-state index contributed by atoms with van der Waals surface area (Å²) in [5, 5.41) is 3.23. The number of amides is 2. The Morgan fingerprint density at radius 3 is 2.47 bits per heavy atom. The molecule has 49 heavy (non-hydrogen) atoms. The number of fused-ring (bicyclic) bond motifs is 4. The monoisotopic (exact) mass is 662 g/mol. The third-order valence-corrected chi connectivity index (χ3v) is 12.4. The number of hydrogen-bond donors (Lipinski definition) is 1. The number of nitrogens with one attached hydrogen (secondary N) is 1. The first-order valence-corrected chi connectivity index (χ1v) is 17.9. The lowest BCUT2D eigenvalue weighted by molar-refractivity contribution is -0.134. The minimum Gasteiger partial charge on any atom is -0.343 e. The second-order valence-electron chi connectivity index (χ2n) is 15.3. The lowest BCUT2D eigenvalue weighted by Gasteiger charge is -2.46. The third kappa shape index (κ3) is 4.79. The van der Waals surface area contributed by atoms with Crippen molar-refractivity contribution in [3.8, 4) is 11.3 Å². The fraction of sp³-hybridized carbons (Fsp3) is 0.500. The molecule has 3 aliphatic heterocycles. The van der Waals surface area contributed by atoms with Gasteiger partial charge in [-0.2, -0.15) is 0 Å². The average molecular weight is 663 g/mol. The fourth-order valence-electron chi connectivity index (χ4n) is 9.25. The van der Waals surface area contributed by atoms with Crippen LogP contribution in [0.15, 0.2) is 49.1 Å². The van der Waals surface area contributed by atoms with Crippen molar-refractivity contribution in [2.24, 2.45) is 11.8 Å². The van der Waals surface area contributed by atoms with Crippen molar-refractivity contribution < 1.29 is 14.0 Å². The van der Waals surface area contributed by atoms with E-state index in [9.17, 15) is 14.0 Å². The smallest absolute Gasteiger partial charge is 0.238 e. The highest BCUT2D eigenvalue weighted by atomic mass is 19.1. The van der Waals surface area contributed by atoms with Crippen molar-refractivity contribution in [3.05, 3.63) is 60.4 Å². The molecule has 1 aromatic carbocycles. The zero-order chi connectivity index (χ0) is 33.6. The Morgan fingerprint density at radius 1 is 1.04 bits per heavy atom. The van der Waals surface area contributed by atoms with Crippen molar-refractivity contribution in [1.82, 2.24) is 29.3 Å². The van der Waals surface area contributed by atoms with E-state index in [4.69, 9.17) is 9.97 Å². The Hall–Kier alpha value is -4.38. The summed E-state index contributed by atoms with van der Waals surface area (Å²) in [5.74, 6) is 2.03. The predicted molar refractivity (Wildman–Crippen MR) is 186 cm³/mol. The molecule has 254 valence electrons. The maximum absolute atomic E-state index is 14.8. The molecule has 0 unspecified atom stereocenters. The lowest BCUT2D eigenvalue weighted by atomic mass is 9.73. The van der Waals surface area contributed by atoms with E-state index in [0.29, 0.717) is 43.5 Å². The number of benzene rings is 1. The van der Waals surface area contributed by atoms with Gasteiger partial charge >= 0.3 is 0 Å².